The molecular weight excluding hydrogens is 356 g/mol. The summed E-state index contributed by atoms with van der Waals surface area (Å²) in [5.41, 5.74) is 3.02. The number of amides is 4. The summed E-state index contributed by atoms with van der Waals surface area (Å²) in [5, 5.41) is 8.62. The average molecular weight is 382 g/mol. The van der Waals surface area contributed by atoms with E-state index in [1.165, 1.54) is 0 Å². The summed E-state index contributed by atoms with van der Waals surface area (Å²) in [4.78, 5) is 25.9. The first kappa shape index (κ1) is 19.7. The highest BCUT2D eigenvalue weighted by Gasteiger charge is 2.16. The Labute approximate surface area is 165 Å². The van der Waals surface area contributed by atoms with Crippen LogP contribution in [-0.2, 0) is 24.4 Å². The molecule has 0 radical (unpaired) electrons. The molecule has 1 aliphatic rings. The summed E-state index contributed by atoms with van der Waals surface area (Å²) in [6.45, 7) is 3.76. The zero-order valence-electron chi connectivity index (χ0n) is 15.8. The summed E-state index contributed by atoms with van der Waals surface area (Å²) in [6.07, 6.45) is 0. The average Bonchev–Trinajstić information content (AvgIpc) is 2.76. The van der Waals surface area contributed by atoms with Gasteiger partial charge in [0.2, 0.25) is 0 Å². The molecule has 1 heterocycles. The first-order valence-corrected chi connectivity index (χ1v) is 9.45. The minimum Gasteiger partial charge on any atom is -0.378 e. The van der Waals surface area contributed by atoms with E-state index in [4.69, 9.17) is 4.74 Å². The zero-order chi connectivity index (χ0) is 19.6. The molecule has 0 atom stereocenters. The number of carbonyl (C=O) groups excluding carboxylic acids is 2. The molecule has 1 aliphatic heterocycles. The quantitative estimate of drug-likeness (QED) is 0.716. The van der Waals surface area contributed by atoms with Crippen molar-refractivity contribution in [1.82, 2.24) is 20.9 Å². The number of ether oxygens (including phenoxy) is 1. The second-order valence-corrected chi connectivity index (χ2v) is 6.60. The van der Waals surface area contributed by atoms with Gasteiger partial charge in [0, 0.05) is 32.7 Å². The monoisotopic (exact) mass is 382 g/mol. The number of hydrogen-bond acceptors (Lipinski definition) is 3. The molecule has 0 saturated carbocycles. The van der Waals surface area contributed by atoms with Crippen molar-refractivity contribution < 1.29 is 14.3 Å². The van der Waals surface area contributed by atoms with Crippen molar-refractivity contribution in [2.24, 2.45) is 0 Å². The highest BCUT2D eigenvalue weighted by atomic mass is 16.5. The van der Waals surface area contributed by atoms with E-state index < -0.39 is 0 Å². The minimum atomic E-state index is -0.213. The Balaban J connectivity index is 1.41. The molecule has 7 heteroatoms. The predicted molar refractivity (Wildman–Crippen MR) is 107 cm³/mol. The molecule has 0 spiro atoms. The van der Waals surface area contributed by atoms with Gasteiger partial charge in [-0.3, -0.25) is 0 Å². The number of nitrogens with zero attached hydrogens (tertiary/aromatic N) is 1. The standard InChI is InChI=1S/C21H26N4O3/c26-20(22-14-17-5-2-1-3-6-17)23-15-18-7-4-8-19(13-18)16-24-21(27)25-9-11-28-12-10-25/h1-8,13H,9-12,14-16H2,(H,24,27)(H2,22,23,26). The lowest BCUT2D eigenvalue weighted by molar-refractivity contribution is 0.0531. The highest BCUT2D eigenvalue weighted by molar-refractivity contribution is 5.74. The maximum Gasteiger partial charge on any atom is 0.317 e. The zero-order valence-corrected chi connectivity index (χ0v) is 15.8. The molecule has 1 saturated heterocycles. The van der Waals surface area contributed by atoms with Crippen molar-refractivity contribution >= 4 is 12.1 Å². The van der Waals surface area contributed by atoms with Gasteiger partial charge in [-0.1, -0.05) is 54.6 Å². The third kappa shape index (κ3) is 6.28. The lowest BCUT2D eigenvalue weighted by Crippen LogP contribution is -2.45. The van der Waals surface area contributed by atoms with Crippen LogP contribution in [0.3, 0.4) is 0 Å². The Kier molecular flexibility index (Phi) is 7.26. The molecule has 3 N–H and O–H groups in total. The van der Waals surface area contributed by atoms with Crippen LogP contribution in [0.2, 0.25) is 0 Å². The van der Waals surface area contributed by atoms with Gasteiger partial charge in [0.15, 0.2) is 0 Å². The summed E-state index contributed by atoms with van der Waals surface area (Å²) in [5.74, 6) is 0. The SMILES string of the molecule is O=C(NCc1ccccc1)NCc1cccc(CNC(=O)N2CCOCC2)c1. The Hall–Kier alpha value is -3.06. The fraction of sp³-hybridized carbons (Fsp3) is 0.333. The fourth-order valence-electron chi connectivity index (χ4n) is 2.93. The van der Waals surface area contributed by atoms with E-state index in [1.807, 2.05) is 54.6 Å². The molecule has 0 unspecified atom stereocenters. The van der Waals surface area contributed by atoms with E-state index in [1.54, 1.807) is 4.90 Å². The largest absolute Gasteiger partial charge is 0.378 e. The number of carbonyl (C=O) groups is 2. The van der Waals surface area contributed by atoms with Gasteiger partial charge in [0.05, 0.1) is 13.2 Å². The molecule has 2 aromatic carbocycles. The molecule has 3 rings (SSSR count). The van der Waals surface area contributed by atoms with Crippen molar-refractivity contribution in [2.45, 2.75) is 19.6 Å². The Morgan fingerprint density at radius 2 is 1.36 bits per heavy atom. The highest BCUT2D eigenvalue weighted by Crippen LogP contribution is 2.06. The van der Waals surface area contributed by atoms with Gasteiger partial charge in [0.25, 0.3) is 0 Å². The number of benzene rings is 2. The third-order valence-corrected chi connectivity index (χ3v) is 4.48. The van der Waals surface area contributed by atoms with Crippen LogP contribution >= 0.6 is 0 Å². The van der Waals surface area contributed by atoms with Gasteiger partial charge in [0.1, 0.15) is 0 Å². The number of morpholine rings is 1. The molecule has 2 aromatic rings. The molecule has 7 nitrogen and oxygen atoms in total. The van der Waals surface area contributed by atoms with E-state index >= 15 is 0 Å². The molecule has 28 heavy (non-hydrogen) atoms. The lowest BCUT2D eigenvalue weighted by atomic mass is 10.1. The van der Waals surface area contributed by atoms with Crippen LogP contribution < -0.4 is 16.0 Å². The summed E-state index contributed by atoms with van der Waals surface area (Å²) >= 11 is 0. The Morgan fingerprint density at radius 1 is 0.786 bits per heavy atom. The van der Waals surface area contributed by atoms with E-state index in [9.17, 15) is 9.59 Å². The summed E-state index contributed by atoms with van der Waals surface area (Å²) < 4.78 is 5.26. The maximum atomic E-state index is 12.2. The van der Waals surface area contributed by atoms with E-state index in [0.717, 1.165) is 16.7 Å². The smallest absolute Gasteiger partial charge is 0.317 e. The van der Waals surface area contributed by atoms with E-state index in [0.29, 0.717) is 45.9 Å². The maximum absolute atomic E-state index is 12.2. The van der Waals surface area contributed by atoms with Gasteiger partial charge in [-0.15, -0.1) is 0 Å². The number of hydrogen-bond donors (Lipinski definition) is 3. The predicted octanol–water partition coefficient (Wildman–Crippen LogP) is 2.23. The van der Waals surface area contributed by atoms with E-state index in [2.05, 4.69) is 16.0 Å². The van der Waals surface area contributed by atoms with Crippen LogP contribution in [-0.4, -0.2) is 43.3 Å². The number of nitrogens with one attached hydrogen (secondary N) is 3. The summed E-state index contributed by atoms with van der Waals surface area (Å²) in [7, 11) is 0. The normalized spacial score (nSPS) is 13.6. The van der Waals surface area contributed by atoms with Crippen LogP contribution in [0.25, 0.3) is 0 Å². The number of rotatable bonds is 6. The van der Waals surface area contributed by atoms with Gasteiger partial charge < -0.3 is 25.6 Å². The topological polar surface area (TPSA) is 82.7 Å². The lowest BCUT2D eigenvalue weighted by Gasteiger charge is -2.27. The minimum absolute atomic E-state index is 0.0767. The molecule has 148 valence electrons. The Bertz CT molecular complexity index is 776. The second kappa shape index (κ2) is 10.3. The first-order valence-electron chi connectivity index (χ1n) is 9.45. The molecule has 0 bridgehead atoms. The summed E-state index contributed by atoms with van der Waals surface area (Å²) in [6, 6.07) is 17.3. The molecule has 0 aromatic heterocycles. The number of urea groups is 2. The van der Waals surface area contributed by atoms with Crippen molar-refractivity contribution in [2.75, 3.05) is 26.3 Å². The Morgan fingerprint density at radius 3 is 2.04 bits per heavy atom. The van der Waals surface area contributed by atoms with Gasteiger partial charge >= 0.3 is 12.1 Å². The van der Waals surface area contributed by atoms with Crippen LogP contribution in [0.4, 0.5) is 9.59 Å². The molecule has 1 fully saturated rings. The first-order chi connectivity index (χ1) is 13.7. The van der Waals surface area contributed by atoms with Gasteiger partial charge in [-0.25, -0.2) is 9.59 Å². The van der Waals surface area contributed by atoms with Crippen molar-refractivity contribution in [3.63, 3.8) is 0 Å². The third-order valence-electron chi connectivity index (χ3n) is 4.48. The fourth-order valence-corrected chi connectivity index (χ4v) is 2.93. The van der Waals surface area contributed by atoms with Crippen LogP contribution in [0, 0.1) is 0 Å². The molecule has 0 aliphatic carbocycles. The second-order valence-electron chi connectivity index (χ2n) is 6.60. The van der Waals surface area contributed by atoms with Gasteiger partial charge in [-0.05, 0) is 16.7 Å². The van der Waals surface area contributed by atoms with Crippen molar-refractivity contribution in [3.05, 3.63) is 71.3 Å². The van der Waals surface area contributed by atoms with E-state index in [-0.39, 0.29) is 12.1 Å². The van der Waals surface area contributed by atoms with Crippen LogP contribution in [0.5, 0.6) is 0 Å². The van der Waals surface area contributed by atoms with Crippen molar-refractivity contribution in [3.8, 4) is 0 Å². The van der Waals surface area contributed by atoms with Crippen LogP contribution in [0.1, 0.15) is 16.7 Å². The molecule has 4 amide bonds. The molecular formula is C21H26N4O3. The van der Waals surface area contributed by atoms with Gasteiger partial charge in [-0.2, -0.15) is 0 Å². The van der Waals surface area contributed by atoms with Crippen molar-refractivity contribution in [1.29, 1.82) is 0 Å². The van der Waals surface area contributed by atoms with Crippen LogP contribution in [0.15, 0.2) is 54.6 Å².